The number of hydrogen-bond donors (Lipinski definition) is 1. The molecule has 1 heterocycles. The van der Waals surface area contributed by atoms with Crippen LogP contribution in [0.4, 0.5) is 0 Å². The molecule has 0 radical (unpaired) electrons. The average molecular weight is 332 g/mol. The average Bonchev–Trinajstić information content (AvgIpc) is 2.66. The molecule has 0 atom stereocenters. The van der Waals surface area contributed by atoms with Gasteiger partial charge in [0.25, 0.3) is 0 Å². The third kappa shape index (κ3) is 3.67. The second-order valence-electron chi connectivity index (χ2n) is 8.46. The van der Waals surface area contributed by atoms with E-state index in [1.165, 1.54) is 0 Å². The SMILES string of the molecule is Cc1ccc(B2OC(C)(C)C(C)(C)O2)cc1CCC(C)(C)C(=O)O. The molecule has 132 valence electrons. The highest BCUT2D eigenvalue weighted by Gasteiger charge is 2.51. The summed E-state index contributed by atoms with van der Waals surface area (Å²) in [7, 11) is -0.387. The number of rotatable bonds is 5. The molecule has 1 N–H and O–H groups in total. The van der Waals surface area contributed by atoms with Crippen LogP contribution in [0.15, 0.2) is 18.2 Å². The molecule has 0 unspecified atom stereocenters. The van der Waals surface area contributed by atoms with E-state index >= 15 is 0 Å². The normalized spacial score (nSPS) is 19.5. The molecule has 0 spiro atoms. The van der Waals surface area contributed by atoms with Gasteiger partial charge in [-0.25, -0.2) is 0 Å². The molecule has 0 saturated carbocycles. The van der Waals surface area contributed by atoms with Crippen molar-refractivity contribution in [3.63, 3.8) is 0 Å². The number of hydrogen-bond acceptors (Lipinski definition) is 3. The minimum Gasteiger partial charge on any atom is -0.481 e. The summed E-state index contributed by atoms with van der Waals surface area (Å²) >= 11 is 0. The number of carboxylic acid groups (broad SMARTS) is 1. The lowest BCUT2D eigenvalue weighted by molar-refractivity contribution is -0.147. The topological polar surface area (TPSA) is 55.8 Å². The van der Waals surface area contributed by atoms with Gasteiger partial charge in [-0.2, -0.15) is 0 Å². The quantitative estimate of drug-likeness (QED) is 0.840. The van der Waals surface area contributed by atoms with Crippen molar-refractivity contribution in [2.45, 2.75) is 72.5 Å². The number of carboxylic acids is 1. The Bertz CT molecular complexity index is 618. The fourth-order valence-corrected chi connectivity index (χ4v) is 2.64. The molecule has 5 heteroatoms. The Kier molecular flexibility index (Phi) is 4.91. The van der Waals surface area contributed by atoms with Crippen molar-refractivity contribution in [3.8, 4) is 0 Å². The van der Waals surface area contributed by atoms with Crippen molar-refractivity contribution in [3.05, 3.63) is 29.3 Å². The molecule has 2 rings (SSSR count). The van der Waals surface area contributed by atoms with E-state index in [0.717, 1.165) is 23.0 Å². The maximum absolute atomic E-state index is 11.3. The Balaban J connectivity index is 2.19. The molecule has 0 bridgehead atoms. The predicted molar refractivity (Wildman–Crippen MR) is 96.6 cm³/mol. The zero-order valence-corrected chi connectivity index (χ0v) is 15.9. The van der Waals surface area contributed by atoms with E-state index in [4.69, 9.17) is 9.31 Å². The van der Waals surface area contributed by atoms with E-state index in [1.807, 2.05) is 33.8 Å². The molecule has 1 aromatic carbocycles. The zero-order valence-electron chi connectivity index (χ0n) is 15.9. The van der Waals surface area contributed by atoms with E-state index in [2.05, 4.69) is 19.1 Å². The summed E-state index contributed by atoms with van der Waals surface area (Å²) in [4.78, 5) is 11.3. The first-order valence-electron chi connectivity index (χ1n) is 8.54. The summed E-state index contributed by atoms with van der Waals surface area (Å²) in [5.41, 5.74) is 1.84. The maximum atomic E-state index is 11.3. The molecule has 1 saturated heterocycles. The Morgan fingerprint density at radius 3 is 2.21 bits per heavy atom. The summed E-state index contributed by atoms with van der Waals surface area (Å²) in [6.45, 7) is 13.7. The molecule has 1 aromatic rings. The van der Waals surface area contributed by atoms with Crippen molar-refractivity contribution in [2.24, 2.45) is 5.41 Å². The Morgan fingerprint density at radius 2 is 1.71 bits per heavy atom. The van der Waals surface area contributed by atoms with Gasteiger partial charge >= 0.3 is 13.1 Å². The molecule has 4 nitrogen and oxygen atoms in total. The number of aryl methyl sites for hydroxylation is 2. The molecule has 0 aromatic heterocycles. The molecule has 1 aliphatic rings. The molecular weight excluding hydrogens is 303 g/mol. The summed E-state index contributed by atoms with van der Waals surface area (Å²) in [6, 6.07) is 6.18. The number of carbonyl (C=O) groups is 1. The van der Waals surface area contributed by atoms with E-state index in [-0.39, 0.29) is 18.3 Å². The van der Waals surface area contributed by atoms with E-state index in [9.17, 15) is 9.90 Å². The van der Waals surface area contributed by atoms with Crippen LogP contribution in [0.1, 0.15) is 59.1 Å². The van der Waals surface area contributed by atoms with E-state index < -0.39 is 11.4 Å². The van der Waals surface area contributed by atoms with Crippen LogP contribution in [-0.4, -0.2) is 29.4 Å². The first-order chi connectivity index (χ1) is 10.9. The molecule has 0 amide bonds. The Labute approximate surface area is 145 Å². The first kappa shape index (κ1) is 19.0. The minimum absolute atomic E-state index is 0.367. The highest BCUT2D eigenvalue weighted by atomic mass is 16.7. The highest BCUT2D eigenvalue weighted by molar-refractivity contribution is 6.62. The van der Waals surface area contributed by atoms with Gasteiger partial charge in [-0.3, -0.25) is 4.79 Å². The van der Waals surface area contributed by atoms with Crippen LogP contribution in [0, 0.1) is 12.3 Å². The molecular formula is C19H29BO4. The Morgan fingerprint density at radius 1 is 1.17 bits per heavy atom. The van der Waals surface area contributed by atoms with Gasteiger partial charge in [-0.1, -0.05) is 18.2 Å². The second-order valence-corrected chi connectivity index (χ2v) is 8.46. The number of benzene rings is 1. The fraction of sp³-hybridized carbons (Fsp3) is 0.632. The van der Waals surface area contributed by atoms with Crippen LogP contribution >= 0.6 is 0 Å². The van der Waals surface area contributed by atoms with Gasteiger partial charge in [-0.05, 0) is 77.9 Å². The van der Waals surface area contributed by atoms with Crippen LogP contribution in [0.5, 0.6) is 0 Å². The van der Waals surface area contributed by atoms with Crippen molar-refractivity contribution in [1.82, 2.24) is 0 Å². The van der Waals surface area contributed by atoms with Crippen molar-refractivity contribution in [2.75, 3.05) is 0 Å². The summed E-state index contributed by atoms with van der Waals surface area (Å²) < 4.78 is 12.2. The standard InChI is InChI=1S/C19H29BO4/c1-13-8-9-15(20-23-18(4,5)19(6,7)24-20)12-14(13)10-11-17(2,3)16(21)22/h8-9,12H,10-11H2,1-7H3,(H,21,22). The van der Waals surface area contributed by atoms with Crippen molar-refractivity contribution in [1.29, 1.82) is 0 Å². The third-order valence-electron chi connectivity index (χ3n) is 5.50. The molecule has 24 heavy (non-hydrogen) atoms. The minimum atomic E-state index is -0.762. The fourth-order valence-electron chi connectivity index (χ4n) is 2.64. The van der Waals surface area contributed by atoms with Crippen LogP contribution < -0.4 is 5.46 Å². The third-order valence-corrected chi connectivity index (χ3v) is 5.50. The lowest BCUT2D eigenvalue weighted by Gasteiger charge is -2.32. The largest absolute Gasteiger partial charge is 0.494 e. The lowest BCUT2D eigenvalue weighted by atomic mass is 9.76. The van der Waals surface area contributed by atoms with Gasteiger partial charge < -0.3 is 14.4 Å². The van der Waals surface area contributed by atoms with Crippen molar-refractivity contribution < 1.29 is 19.2 Å². The van der Waals surface area contributed by atoms with Gasteiger partial charge in [0.2, 0.25) is 0 Å². The molecule has 0 aliphatic carbocycles. The Hall–Kier alpha value is -1.33. The highest BCUT2D eigenvalue weighted by Crippen LogP contribution is 2.36. The second kappa shape index (κ2) is 6.19. The lowest BCUT2D eigenvalue weighted by Crippen LogP contribution is -2.41. The van der Waals surface area contributed by atoms with E-state index in [1.54, 1.807) is 13.8 Å². The predicted octanol–water partition coefficient (Wildman–Crippen LogP) is 3.34. The van der Waals surface area contributed by atoms with Gasteiger partial charge in [0, 0.05) is 0 Å². The van der Waals surface area contributed by atoms with Crippen LogP contribution in [0.3, 0.4) is 0 Å². The smallest absolute Gasteiger partial charge is 0.481 e. The first-order valence-corrected chi connectivity index (χ1v) is 8.54. The zero-order chi connectivity index (χ0) is 18.3. The molecule has 1 aliphatic heterocycles. The summed E-state index contributed by atoms with van der Waals surface area (Å²) in [6.07, 6.45) is 1.31. The van der Waals surface area contributed by atoms with Gasteiger partial charge in [-0.15, -0.1) is 0 Å². The van der Waals surface area contributed by atoms with E-state index in [0.29, 0.717) is 6.42 Å². The van der Waals surface area contributed by atoms with Crippen LogP contribution in [-0.2, 0) is 20.5 Å². The molecule has 1 fully saturated rings. The monoisotopic (exact) mass is 332 g/mol. The maximum Gasteiger partial charge on any atom is 0.494 e. The summed E-state index contributed by atoms with van der Waals surface area (Å²) in [5, 5.41) is 9.29. The van der Waals surface area contributed by atoms with Gasteiger partial charge in [0.15, 0.2) is 0 Å². The van der Waals surface area contributed by atoms with Crippen molar-refractivity contribution >= 4 is 18.6 Å². The van der Waals surface area contributed by atoms with Gasteiger partial charge in [0.05, 0.1) is 16.6 Å². The van der Waals surface area contributed by atoms with Crippen LogP contribution in [0.2, 0.25) is 0 Å². The van der Waals surface area contributed by atoms with Gasteiger partial charge in [0.1, 0.15) is 0 Å². The number of aliphatic carboxylic acids is 1. The van der Waals surface area contributed by atoms with Crippen LogP contribution in [0.25, 0.3) is 0 Å². The summed E-state index contributed by atoms with van der Waals surface area (Å²) in [5.74, 6) is -0.762.